The maximum absolute atomic E-state index is 12.4. The highest BCUT2D eigenvalue weighted by Gasteiger charge is 2.22. The van der Waals surface area contributed by atoms with Crippen LogP contribution >= 0.6 is 45.9 Å². The first-order chi connectivity index (χ1) is 16.8. The minimum atomic E-state index is -4.02. The van der Waals surface area contributed by atoms with Gasteiger partial charge in [0.2, 0.25) is 5.91 Å². The molecule has 35 heavy (non-hydrogen) atoms. The summed E-state index contributed by atoms with van der Waals surface area (Å²) in [5, 5.41) is 4.41. The summed E-state index contributed by atoms with van der Waals surface area (Å²) in [5.74, 6) is -0.613. The zero-order valence-corrected chi connectivity index (χ0v) is 21.9. The van der Waals surface area contributed by atoms with E-state index in [2.05, 4.69) is 40.0 Å². The molecule has 178 valence electrons. The number of nitrogens with one attached hydrogen (secondary N) is 1. The molecular formula is C24H17Cl2N3O3S3. The van der Waals surface area contributed by atoms with Gasteiger partial charge in [-0.05, 0) is 41.0 Å². The van der Waals surface area contributed by atoms with Gasteiger partial charge < -0.3 is 0 Å². The third kappa shape index (κ3) is 5.14. The summed E-state index contributed by atoms with van der Waals surface area (Å²) in [6, 6.07) is 15.7. The van der Waals surface area contributed by atoms with Crippen molar-refractivity contribution in [2.75, 3.05) is 0 Å². The lowest BCUT2D eigenvalue weighted by Crippen LogP contribution is -2.30. The molecule has 0 aliphatic heterocycles. The maximum Gasteiger partial charge on any atom is 0.273 e. The quantitative estimate of drug-likeness (QED) is 0.245. The fourth-order valence-electron chi connectivity index (χ4n) is 3.63. The number of benzene rings is 2. The van der Waals surface area contributed by atoms with Crippen LogP contribution in [0.5, 0.6) is 0 Å². The lowest BCUT2D eigenvalue weighted by atomic mass is 10.1. The van der Waals surface area contributed by atoms with E-state index in [4.69, 9.17) is 23.2 Å². The van der Waals surface area contributed by atoms with Gasteiger partial charge in [0.1, 0.15) is 8.55 Å². The number of thiophene rings is 1. The number of fused-ring (bicyclic) bond motifs is 2. The Morgan fingerprint density at radius 1 is 1.09 bits per heavy atom. The van der Waals surface area contributed by atoms with Crippen LogP contribution in [0.2, 0.25) is 9.36 Å². The zero-order valence-electron chi connectivity index (χ0n) is 17.9. The largest absolute Gasteiger partial charge is 0.288 e. The Morgan fingerprint density at radius 3 is 2.66 bits per heavy atom. The number of amides is 1. The number of carbonyl (C=O) groups excluding carboxylic acids is 1. The molecule has 6 nitrogen and oxygen atoms in total. The van der Waals surface area contributed by atoms with Crippen molar-refractivity contribution < 1.29 is 13.2 Å². The molecule has 5 rings (SSSR count). The molecule has 11 heteroatoms. The van der Waals surface area contributed by atoms with Gasteiger partial charge in [-0.1, -0.05) is 65.7 Å². The Kier molecular flexibility index (Phi) is 6.69. The third-order valence-electron chi connectivity index (χ3n) is 5.31. The van der Waals surface area contributed by atoms with Crippen LogP contribution in [0.25, 0.3) is 27.9 Å². The Hall–Kier alpha value is -2.69. The normalized spacial score (nSPS) is 12.2. The number of carbonyl (C=O) groups is 1. The standard InChI is InChI=1S/C24H17Cl2N3O3S3/c25-20-12-22(34-23(20)26)35(31,32)28-21(30)10-9-19-14-33-24-27-13-18(29(19)24)8-6-15-5-7-16-3-1-2-4-17(16)11-15/h1-8,11-14H,9-10H2,(H,28,30)/b8-6+. The zero-order chi connectivity index (χ0) is 24.6. The summed E-state index contributed by atoms with van der Waals surface area (Å²) >= 11 is 14.0. The molecule has 3 aromatic heterocycles. The first kappa shape index (κ1) is 24.0. The number of aromatic nitrogens is 2. The van der Waals surface area contributed by atoms with Crippen LogP contribution in [0.3, 0.4) is 0 Å². The predicted octanol–water partition coefficient (Wildman–Crippen LogP) is 6.53. The second kappa shape index (κ2) is 9.75. The fourth-order valence-corrected chi connectivity index (χ4v) is 7.43. The molecule has 0 saturated heterocycles. The van der Waals surface area contributed by atoms with E-state index in [0.29, 0.717) is 6.42 Å². The van der Waals surface area contributed by atoms with Crippen LogP contribution in [-0.4, -0.2) is 23.7 Å². The molecule has 0 spiro atoms. The molecule has 3 heterocycles. The SMILES string of the molecule is O=C(CCc1csc2ncc(/C=C/c3ccc4ccccc4c3)n12)NS(=O)(=O)c1cc(Cl)c(Cl)s1. The Labute approximate surface area is 219 Å². The second-order valence-corrected chi connectivity index (χ2v) is 12.5. The number of rotatable bonds is 7. The molecule has 1 N–H and O–H groups in total. The lowest BCUT2D eigenvalue weighted by Gasteiger charge is -2.05. The van der Waals surface area contributed by atoms with Crippen molar-refractivity contribution in [1.82, 2.24) is 14.1 Å². The van der Waals surface area contributed by atoms with E-state index in [-0.39, 0.29) is 20.0 Å². The Balaban J connectivity index is 1.30. The van der Waals surface area contributed by atoms with Gasteiger partial charge in [0.25, 0.3) is 10.0 Å². The number of sulfonamides is 1. The van der Waals surface area contributed by atoms with Gasteiger partial charge in [-0.25, -0.2) is 18.1 Å². The molecule has 0 aliphatic rings. The van der Waals surface area contributed by atoms with E-state index in [1.54, 1.807) is 6.20 Å². The van der Waals surface area contributed by atoms with E-state index in [0.717, 1.165) is 38.6 Å². The van der Waals surface area contributed by atoms with Gasteiger partial charge >= 0.3 is 0 Å². The van der Waals surface area contributed by atoms with Gasteiger partial charge in [0.15, 0.2) is 4.96 Å². The summed E-state index contributed by atoms with van der Waals surface area (Å²) in [7, 11) is -4.02. The van der Waals surface area contributed by atoms with Crippen molar-refractivity contribution >= 4 is 89.7 Å². The summed E-state index contributed by atoms with van der Waals surface area (Å²) in [4.78, 5) is 17.7. The average Bonchev–Trinajstić information content (AvgIpc) is 3.52. The third-order valence-corrected chi connectivity index (χ3v) is 9.91. The topological polar surface area (TPSA) is 80.5 Å². The number of nitrogens with zero attached hydrogens (tertiary/aromatic N) is 2. The van der Waals surface area contributed by atoms with Crippen LogP contribution in [0.1, 0.15) is 23.4 Å². The Morgan fingerprint density at radius 2 is 1.89 bits per heavy atom. The van der Waals surface area contributed by atoms with Gasteiger partial charge in [-0.3, -0.25) is 9.20 Å². The minimum Gasteiger partial charge on any atom is -0.288 e. The molecule has 0 atom stereocenters. The predicted molar refractivity (Wildman–Crippen MR) is 144 cm³/mol. The van der Waals surface area contributed by atoms with Crippen LogP contribution in [-0.2, 0) is 21.2 Å². The number of hydrogen-bond donors (Lipinski definition) is 1. The maximum atomic E-state index is 12.4. The smallest absolute Gasteiger partial charge is 0.273 e. The summed E-state index contributed by atoms with van der Waals surface area (Å²) in [5.41, 5.74) is 2.81. The number of halogens is 2. The van der Waals surface area contributed by atoms with Crippen molar-refractivity contribution in [3.63, 3.8) is 0 Å². The highest BCUT2D eigenvalue weighted by atomic mass is 35.5. The molecule has 2 aromatic carbocycles. The number of hydrogen-bond acceptors (Lipinski definition) is 6. The fraction of sp³-hybridized carbons (Fsp3) is 0.0833. The van der Waals surface area contributed by atoms with Gasteiger partial charge in [0.05, 0.1) is 16.9 Å². The second-order valence-electron chi connectivity index (χ2n) is 7.68. The number of thiazole rings is 1. The van der Waals surface area contributed by atoms with Crippen molar-refractivity contribution in [2.45, 2.75) is 17.1 Å². The number of aryl methyl sites for hydroxylation is 1. The highest BCUT2D eigenvalue weighted by molar-refractivity contribution is 7.92. The van der Waals surface area contributed by atoms with E-state index < -0.39 is 15.9 Å². The summed E-state index contributed by atoms with van der Waals surface area (Å²) in [6.45, 7) is 0. The van der Waals surface area contributed by atoms with Gasteiger partial charge in [0, 0.05) is 17.5 Å². The molecule has 0 aliphatic carbocycles. The molecular weight excluding hydrogens is 545 g/mol. The molecule has 0 saturated carbocycles. The molecule has 0 unspecified atom stereocenters. The van der Waals surface area contributed by atoms with Crippen molar-refractivity contribution in [2.24, 2.45) is 0 Å². The molecule has 0 radical (unpaired) electrons. The van der Waals surface area contributed by atoms with E-state index in [1.807, 2.05) is 34.1 Å². The Bertz CT molecular complexity index is 1680. The first-order valence-corrected chi connectivity index (χ1v) is 14.3. The summed E-state index contributed by atoms with van der Waals surface area (Å²) in [6.07, 6.45) is 6.12. The first-order valence-electron chi connectivity index (χ1n) is 10.4. The molecule has 0 bridgehead atoms. The van der Waals surface area contributed by atoms with E-state index in [9.17, 15) is 13.2 Å². The molecule has 0 fully saturated rings. The van der Waals surface area contributed by atoms with E-state index >= 15 is 0 Å². The van der Waals surface area contributed by atoms with Crippen LogP contribution in [0.15, 0.2) is 64.3 Å². The van der Waals surface area contributed by atoms with Crippen LogP contribution in [0, 0.1) is 0 Å². The van der Waals surface area contributed by atoms with Crippen LogP contribution in [0.4, 0.5) is 0 Å². The van der Waals surface area contributed by atoms with Gasteiger partial charge in [-0.2, -0.15) is 0 Å². The molecule has 5 aromatic rings. The average molecular weight is 563 g/mol. The van der Waals surface area contributed by atoms with Crippen molar-refractivity contribution in [3.8, 4) is 0 Å². The van der Waals surface area contributed by atoms with E-state index in [1.165, 1.54) is 22.8 Å². The monoisotopic (exact) mass is 561 g/mol. The minimum absolute atomic E-state index is 0.0100. The highest BCUT2D eigenvalue weighted by Crippen LogP contribution is 2.34. The molecule has 1 amide bonds. The van der Waals surface area contributed by atoms with Crippen molar-refractivity contribution in [1.29, 1.82) is 0 Å². The van der Waals surface area contributed by atoms with Crippen molar-refractivity contribution in [3.05, 3.63) is 86.4 Å². The lowest BCUT2D eigenvalue weighted by molar-refractivity contribution is -0.119. The van der Waals surface area contributed by atoms with Gasteiger partial charge in [-0.15, -0.1) is 22.7 Å². The number of imidazole rings is 1. The van der Waals surface area contributed by atoms with Crippen LogP contribution < -0.4 is 4.72 Å². The summed E-state index contributed by atoms with van der Waals surface area (Å²) < 4.78 is 29.0.